The molecule has 0 spiro atoms. The fraction of sp³-hybridized carbons (Fsp3) is 0.143. The van der Waals surface area contributed by atoms with E-state index in [0.717, 1.165) is 19.2 Å². The Kier molecular flexibility index (Phi) is 3.74. The van der Waals surface area contributed by atoms with Gasteiger partial charge in [-0.3, -0.25) is 4.98 Å². The zero-order valence-corrected chi connectivity index (χ0v) is 10.4. The second-order valence-electron chi connectivity index (χ2n) is 3.99. The van der Waals surface area contributed by atoms with Crippen LogP contribution in [0.5, 0.6) is 0 Å². The number of pyridine rings is 1. The third-order valence-electron chi connectivity index (χ3n) is 2.72. The number of hydrogen-bond acceptors (Lipinski definition) is 3. The SMILES string of the molecule is COC(=O)c1cc(C(F)(F)F)ccc1-c1cccnc1. The number of alkyl halides is 3. The van der Waals surface area contributed by atoms with Gasteiger partial charge >= 0.3 is 12.1 Å². The summed E-state index contributed by atoms with van der Waals surface area (Å²) >= 11 is 0. The zero-order valence-electron chi connectivity index (χ0n) is 10.4. The van der Waals surface area contributed by atoms with Crippen LogP contribution in [0.2, 0.25) is 0 Å². The molecule has 0 unspecified atom stereocenters. The number of nitrogens with zero attached hydrogens (tertiary/aromatic N) is 1. The van der Waals surface area contributed by atoms with E-state index in [1.807, 2.05) is 0 Å². The van der Waals surface area contributed by atoms with E-state index in [-0.39, 0.29) is 5.56 Å². The van der Waals surface area contributed by atoms with Crippen molar-refractivity contribution in [2.45, 2.75) is 6.18 Å². The summed E-state index contributed by atoms with van der Waals surface area (Å²) in [5.41, 5.74) is -0.152. The molecule has 1 aromatic heterocycles. The maximum atomic E-state index is 12.7. The minimum absolute atomic E-state index is 0.143. The molecule has 1 aromatic carbocycles. The molecule has 0 saturated heterocycles. The number of esters is 1. The molecule has 3 nitrogen and oxygen atoms in total. The van der Waals surface area contributed by atoms with Crippen LogP contribution in [0, 0.1) is 0 Å². The molecule has 0 saturated carbocycles. The van der Waals surface area contributed by atoms with Crippen LogP contribution in [0.25, 0.3) is 11.1 Å². The fourth-order valence-corrected chi connectivity index (χ4v) is 1.77. The van der Waals surface area contributed by atoms with E-state index >= 15 is 0 Å². The Balaban J connectivity index is 2.61. The second kappa shape index (κ2) is 5.32. The van der Waals surface area contributed by atoms with Crippen molar-refractivity contribution < 1.29 is 22.7 Å². The summed E-state index contributed by atoms with van der Waals surface area (Å²) in [5, 5.41) is 0. The van der Waals surface area contributed by atoms with Gasteiger partial charge in [0.25, 0.3) is 0 Å². The Hall–Kier alpha value is -2.37. The van der Waals surface area contributed by atoms with Crippen LogP contribution in [0.4, 0.5) is 13.2 Å². The minimum Gasteiger partial charge on any atom is -0.465 e. The molecular weight excluding hydrogens is 271 g/mol. The average Bonchev–Trinajstić information content (AvgIpc) is 2.45. The number of aromatic nitrogens is 1. The first kappa shape index (κ1) is 14.0. The molecule has 104 valence electrons. The van der Waals surface area contributed by atoms with Crippen molar-refractivity contribution in [3.63, 3.8) is 0 Å². The van der Waals surface area contributed by atoms with E-state index in [4.69, 9.17) is 0 Å². The predicted octanol–water partition coefficient (Wildman–Crippen LogP) is 3.55. The van der Waals surface area contributed by atoms with Crippen molar-refractivity contribution >= 4 is 5.97 Å². The summed E-state index contributed by atoms with van der Waals surface area (Å²) in [4.78, 5) is 15.6. The maximum absolute atomic E-state index is 12.7. The Morgan fingerprint density at radius 3 is 2.55 bits per heavy atom. The average molecular weight is 281 g/mol. The lowest BCUT2D eigenvalue weighted by Gasteiger charge is -2.12. The number of carbonyl (C=O) groups excluding carboxylic acids is 1. The third kappa shape index (κ3) is 2.79. The topological polar surface area (TPSA) is 39.2 Å². The molecule has 20 heavy (non-hydrogen) atoms. The van der Waals surface area contributed by atoms with E-state index in [2.05, 4.69) is 9.72 Å². The number of carbonyl (C=O) groups is 1. The summed E-state index contributed by atoms with van der Waals surface area (Å²) in [6.45, 7) is 0. The van der Waals surface area contributed by atoms with Gasteiger partial charge in [0.2, 0.25) is 0 Å². The molecule has 0 bridgehead atoms. The molecule has 6 heteroatoms. The summed E-state index contributed by atoms with van der Waals surface area (Å²) in [5.74, 6) is -0.824. The Morgan fingerprint density at radius 2 is 2.00 bits per heavy atom. The van der Waals surface area contributed by atoms with Crippen molar-refractivity contribution in [3.05, 3.63) is 53.9 Å². The summed E-state index contributed by atoms with van der Waals surface area (Å²) in [7, 11) is 1.12. The first-order chi connectivity index (χ1) is 9.43. The molecule has 0 atom stereocenters. The van der Waals surface area contributed by atoms with Crippen LogP contribution in [-0.4, -0.2) is 18.1 Å². The zero-order chi connectivity index (χ0) is 14.8. The molecule has 0 amide bonds. The van der Waals surface area contributed by atoms with Crippen molar-refractivity contribution in [1.29, 1.82) is 0 Å². The number of methoxy groups -OCH3 is 1. The molecule has 0 fully saturated rings. The van der Waals surface area contributed by atoms with Crippen molar-refractivity contribution in [1.82, 2.24) is 4.98 Å². The highest BCUT2D eigenvalue weighted by atomic mass is 19.4. The van der Waals surface area contributed by atoms with Gasteiger partial charge in [-0.05, 0) is 23.8 Å². The monoisotopic (exact) mass is 281 g/mol. The van der Waals surface area contributed by atoms with Crippen LogP contribution >= 0.6 is 0 Å². The molecule has 0 aliphatic carbocycles. The molecule has 2 rings (SSSR count). The lowest BCUT2D eigenvalue weighted by atomic mass is 9.98. The molecular formula is C14H10F3NO2. The van der Waals surface area contributed by atoms with Crippen LogP contribution in [0.3, 0.4) is 0 Å². The summed E-state index contributed by atoms with van der Waals surface area (Å²) in [6.07, 6.45) is -1.52. The first-order valence-electron chi connectivity index (χ1n) is 5.63. The standard InChI is InChI=1S/C14H10F3NO2/c1-20-13(19)12-7-10(14(15,16)17)4-5-11(12)9-3-2-6-18-8-9/h2-8H,1H3. The van der Waals surface area contributed by atoms with Crippen LogP contribution in [0.1, 0.15) is 15.9 Å². The normalized spacial score (nSPS) is 11.2. The lowest BCUT2D eigenvalue weighted by Crippen LogP contribution is -2.10. The van der Waals surface area contributed by atoms with E-state index in [9.17, 15) is 18.0 Å². The smallest absolute Gasteiger partial charge is 0.416 e. The number of ether oxygens (including phenoxy) is 1. The highest BCUT2D eigenvalue weighted by Gasteiger charge is 2.32. The van der Waals surface area contributed by atoms with Gasteiger partial charge in [-0.15, -0.1) is 0 Å². The van der Waals surface area contributed by atoms with Gasteiger partial charge in [0, 0.05) is 18.0 Å². The Labute approximate surface area is 113 Å². The number of benzene rings is 1. The number of hydrogen-bond donors (Lipinski definition) is 0. The van der Waals surface area contributed by atoms with Gasteiger partial charge in [0.05, 0.1) is 18.2 Å². The largest absolute Gasteiger partial charge is 0.465 e. The minimum atomic E-state index is -4.52. The van der Waals surface area contributed by atoms with Crippen molar-refractivity contribution in [3.8, 4) is 11.1 Å². The van der Waals surface area contributed by atoms with Gasteiger partial charge in [0.1, 0.15) is 0 Å². The summed E-state index contributed by atoms with van der Waals surface area (Å²) < 4.78 is 42.7. The molecule has 2 aromatic rings. The molecule has 0 aliphatic heterocycles. The van der Waals surface area contributed by atoms with Crippen molar-refractivity contribution in [2.24, 2.45) is 0 Å². The van der Waals surface area contributed by atoms with Gasteiger partial charge < -0.3 is 4.74 Å². The molecule has 0 radical (unpaired) electrons. The van der Waals surface area contributed by atoms with Crippen LogP contribution in [-0.2, 0) is 10.9 Å². The highest BCUT2D eigenvalue weighted by Crippen LogP contribution is 2.33. The third-order valence-corrected chi connectivity index (χ3v) is 2.72. The molecule has 0 aliphatic rings. The highest BCUT2D eigenvalue weighted by molar-refractivity contribution is 5.97. The maximum Gasteiger partial charge on any atom is 0.416 e. The van der Waals surface area contributed by atoms with Gasteiger partial charge in [-0.1, -0.05) is 12.1 Å². The van der Waals surface area contributed by atoms with E-state index in [1.54, 1.807) is 12.1 Å². The summed E-state index contributed by atoms with van der Waals surface area (Å²) in [6, 6.07) is 6.24. The van der Waals surface area contributed by atoms with Gasteiger partial charge in [-0.25, -0.2) is 4.79 Å². The van der Waals surface area contributed by atoms with Crippen LogP contribution in [0.15, 0.2) is 42.7 Å². The van der Waals surface area contributed by atoms with E-state index in [0.29, 0.717) is 11.1 Å². The molecule has 1 heterocycles. The number of halogens is 3. The first-order valence-corrected chi connectivity index (χ1v) is 5.63. The Morgan fingerprint density at radius 1 is 1.25 bits per heavy atom. The van der Waals surface area contributed by atoms with Crippen molar-refractivity contribution in [2.75, 3.05) is 7.11 Å². The predicted molar refractivity (Wildman–Crippen MR) is 66.0 cm³/mol. The second-order valence-corrected chi connectivity index (χ2v) is 3.99. The fourth-order valence-electron chi connectivity index (χ4n) is 1.77. The van der Waals surface area contributed by atoms with E-state index < -0.39 is 17.7 Å². The Bertz CT molecular complexity index is 624. The van der Waals surface area contributed by atoms with Crippen LogP contribution < -0.4 is 0 Å². The molecule has 0 N–H and O–H groups in total. The van der Waals surface area contributed by atoms with Gasteiger partial charge in [-0.2, -0.15) is 13.2 Å². The number of rotatable bonds is 2. The van der Waals surface area contributed by atoms with Gasteiger partial charge in [0.15, 0.2) is 0 Å². The van der Waals surface area contributed by atoms with E-state index in [1.165, 1.54) is 18.5 Å². The quantitative estimate of drug-likeness (QED) is 0.790. The lowest BCUT2D eigenvalue weighted by molar-refractivity contribution is -0.137.